The van der Waals surface area contributed by atoms with Gasteiger partial charge in [-0.3, -0.25) is 17.5 Å². The Balaban J connectivity index is 3.40. The fourth-order valence-electron chi connectivity index (χ4n) is 1.20. The van der Waals surface area contributed by atoms with E-state index in [9.17, 15) is 4.79 Å². The molecule has 10 N–H and O–H groups in total. The molecule has 8 nitrogen and oxygen atoms in total. The number of aromatic carboxylic acids is 1. The van der Waals surface area contributed by atoms with Crippen LogP contribution >= 0.6 is 0 Å². The van der Waals surface area contributed by atoms with Gasteiger partial charge in [-0.25, -0.2) is 4.79 Å². The number of benzene rings is 1. The molecule has 1 rings (SSSR count). The van der Waals surface area contributed by atoms with Gasteiger partial charge in [0, 0.05) is 0 Å². The third kappa shape index (κ3) is 1.91. The Hall–Kier alpha value is -2.03. The first-order valence-corrected chi connectivity index (χ1v) is 3.95. The maximum Gasteiger partial charge on any atom is 0.337 e. The van der Waals surface area contributed by atoms with Gasteiger partial charge in [0.1, 0.15) is 0 Å². The second-order valence-corrected chi connectivity index (χ2v) is 2.65. The molecule has 0 fully saturated rings. The molecule has 8 heteroatoms. The first kappa shape index (κ1) is 11.0. The van der Waals surface area contributed by atoms with E-state index in [4.69, 9.17) is 22.6 Å². The third-order valence-electron chi connectivity index (χ3n) is 1.88. The predicted molar refractivity (Wildman–Crippen MR) is 56.8 cm³/mol. The maximum atomic E-state index is 10.8. The van der Waals surface area contributed by atoms with E-state index in [1.165, 1.54) is 12.1 Å². The molecule has 82 valence electrons. The summed E-state index contributed by atoms with van der Waals surface area (Å²) in [7, 11) is 0. The number of hydrogen-bond acceptors (Lipinski definition) is 7. The molecule has 0 aliphatic rings. The van der Waals surface area contributed by atoms with Gasteiger partial charge in [-0.1, -0.05) is 0 Å². The van der Waals surface area contributed by atoms with Crippen LogP contribution in [0.4, 0.5) is 17.1 Å². The minimum Gasteiger partial charge on any atom is -0.478 e. The Bertz CT molecular complexity index is 380. The number of carboxylic acids is 1. The molecule has 1 aromatic rings. The molecule has 0 bridgehead atoms. The number of carboxylic acid groups (broad SMARTS) is 1. The molecule has 0 saturated heterocycles. The van der Waals surface area contributed by atoms with Crippen LogP contribution in [0.2, 0.25) is 0 Å². The van der Waals surface area contributed by atoms with E-state index in [-0.39, 0.29) is 16.9 Å². The first-order chi connectivity index (χ1) is 7.15. The van der Waals surface area contributed by atoms with Crippen molar-refractivity contribution in [2.75, 3.05) is 16.3 Å². The molecule has 0 aliphatic heterocycles. The van der Waals surface area contributed by atoms with Gasteiger partial charge in [-0.05, 0) is 12.1 Å². The molecular formula is C7H12N6O2. The Kier molecular flexibility index (Phi) is 3.29. The number of nitrogens with one attached hydrogen (secondary N) is 3. The van der Waals surface area contributed by atoms with E-state index < -0.39 is 5.97 Å². The number of anilines is 3. The number of hydrazine groups is 3. The van der Waals surface area contributed by atoms with Crippen molar-refractivity contribution in [1.82, 2.24) is 0 Å². The Labute approximate surface area is 85.3 Å². The van der Waals surface area contributed by atoms with Gasteiger partial charge in [0.15, 0.2) is 0 Å². The van der Waals surface area contributed by atoms with Crippen LogP contribution in [0.5, 0.6) is 0 Å². The Morgan fingerprint density at radius 3 is 2.07 bits per heavy atom. The predicted octanol–water partition coefficient (Wildman–Crippen LogP) is -0.758. The summed E-state index contributed by atoms with van der Waals surface area (Å²) in [6.07, 6.45) is 0. The second-order valence-electron chi connectivity index (χ2n) is 2.65. The van der Waals surface area contributed by atoms with Crippen molar-refractivity contribution in [2.24, 2.45) is 17.5 Å². The van der Waals surface area contributed by atoms with Crippen LogP contribution in [0.3, 0.4) is 0 Å². The maximum absolute atomic E-state index is 10.8. The van der Waals surface area contributed by atoms with E-state index in [0.717, 1.165) is 0 Å². The van der Waals surface area contributed by atoms with Crippen LogP contribution in [-0.4, -0.2) is 11.1 Å². The molecule has 0 spiro atoms. The van der Waals surface area contributed by atoms with Crippen LogP contribution < -0.4 is 33.8 Å². The van der Waals surface area contributed by atoms with Gasteiger partial charge in [0.2, 0.25) is 0 Å². The van der Waals surface area contributed by atoms with E-state index in [2.05, 4.69) is 16.3 Å². The van der Waals surface area contributed by atoms with Crippen molar-refractivity contribution in [3.8, 4) is 0 Å². The van der Waals surface area contributed by atoms with Crippen LogP contribution in [0.25, 0.3) is 0 Å². The summed E-state index contributed by atoms with van der Waals surface area (Å²) in [5.41, 5.74) is 7.77. The number of nitrogen functional groups attached to an aromatic ring is 3. The minimum absolute atomic E-state index is 0.00977. The van der Waals surface area contributed by atoms with Crippen molar-refractivity contribution in [3.05, 3.63) is 17.7 Å². The normalized spacial score (nSPS) is 9.53. The molecule has 0 saturated carbocycles. The van der Waals surface area contributed by atoms with Gasteiger partial charge in [0.05, 0.1) is 22.6 Å². The molecule has 0 amide bonds. The highest BCUT2D eigenvalue weighted by atomic mass is 16.4. The number of carbonyl (C=O) groups is 1. The van der Waals surface area contributed by atoms with Crippen molar-refractivity contribution in [3.63, 3.8) is 0 Å². The van der Waals surface area contributed by atoms with Crippen LogP contribution in [0.1, 0.15) is 10.4 Å². The quantitative estimate of drug-likeness (QED) is 0.254. The summed E-state index contributed by atoms with van der Waals surface area (Å²) < 4.78 is 0. The average molecular weight is 212 g/mol. The van der Waals surface area contributed by atoms with Crippen molar-refractivity contribution in [1.29, 1.82) is 0 Å². The lowest BCUT2D eigenvalue weighted by atomic mass is 10.1. The average Bonchev–Trinajstić information content (AvgIpc) is 2.26. The highest BCUT2D eigenvalue weighted by molar-refractivity contribution is 6.00. The summed E-state index contributed by atoms with van der Waals surface area (Å²) in [4.78, 5) is 10.8. The molecular weight excluding hydrogens is 200 g/mol. The fraction of sp³-hybridized carbons (Fsp3) is 0. The number of rotatable bonds is 4. The zero-order valence-electron chi connectivity index (χ0n) is 7.74. The van der Waals surface area contributed by atoms with Crippen molar-refractivity contribution < 1.29 is 9.90 Å². The summed E-state index contributed by atoms with van der Waals surface area (Å²) in [6.45, 7) is 0. The third-order valence-corrected chi connectivity index (χ3v) is 1.88. The molecule has 0 aromatic heterocycles. The Morgan fingerprint density at radius 1 is 1.07 bits per heavy atom. The van der Waals surface area contributed by atoms with Gasteiger partial charge in [0.25, 0.3) is 0 Å². The fourth-order valence-corrected chi connectivity index (χ4v) is 1.20. The first-order valence-electron chi connectivity index (χ1n) is 3.95. The van der Waals surface area contributed by atoms with Gasteiger partial charge < -0.3 is 21.4 Å². The second kappa shape index (κ2) is 4.46. The standard InChI is InChI=1S/C7H12N6O2/c8-11-4-2-1-3(7(14)15)5(12-9)6(4)13-10/h1-2,11-13H,8-10H2,(H,14,15). The molecule has 1 aromatic carbocycles. The molecule has 15 heavy (non-hydrogen) atoms. The lowest BCUT2D eigenvalue weighted by molar-refractivity contribution is 0.0698. The summed E-state index contributed by atoms with van der Waals surface area (Å²) >= 11 is 0. The highest BCUT2D eigenvalue weighted by Gasteiger charge is 2.15. The SMILES string of the molecule is NNc1ccc(C(=O)O)c(NN)c1NN. The van der Waals surface area contributed by atoms with Crippen LogP contribution in [0.15, 0.2) is 12.1 Å². The highest BCUT2D eigenvalue weighted by Crippen LogP contribution is 2.32. The number of hydrogen-bond donors (Lipinski definition) is 7. The van der Waals surface area contributed by atoms with E-state index >= 15 is 0 Å². The van der Waals surface area contributed by atoms with E-state index in [1.54, 1.807) is 0 Å². The van der Waals surface area contributed by atoms with Gasteiger partial charge in [-0.2, -0.15) is 0 Å². The summed E-state index contributed by atoms with van der Waals surface area (Å²) in [5.74, 6) is 14.5. The zero-order chi connectivity index (χ0) is 11.4. The zero-order valence-corrected chi connectivity index (χ0v) is 7.74. The van der Waals surface area contributed by atoms with E-state index in [0.29, 0.717) is 5.69 Å². The summed E-state index contributed by atoms with van der Waals surface area (Å²) in [5, 5.41) is 8.86. The lowest BCUT2D eigenvalue weighted by Crippen LogP contribution is -2.20. The minimum atomic E-state index is -1.12. The summed E-state index contributed by atoms with van der Waals surface area (Å²) in [6, 6.07) is 2.83. The number of nitrogens with two attached hydrogens (primary N) is 3. The molecule has 0 aliphatic carbocycles. The van der Waals surface area contributed by atoms with Crippen molar-refractivity contribution >= 4 is 23.0 Å². The largest absolute Gasteiger partial charge is 0.478 e. The van der Waals surface area contributed by atoms with Gasteiger partial charge >= 0.3 is 5.97 Å². The van der Waals surface area contributed by atoms with Crippen LogP contribution in [-0.2, 0) is 0 Å². The topological polar surface area (TPSA) is 151 Å². The Morgan fingerprint density at radius 2 is 1.67 bits per heavy atom. The van der Waals surface area contributed by atoms with Gasteiger partial charge in [-0.15, -0.1) is 0 Å². The van der Waals surface area contributed by atoms with Crippen molar-refractivity contribution in [2.45, 2.75) is 0 Å². The lowest BCUT2D eigenvalue weighted by Gasteiger charge is -2.15. The molecule has 0 heterocycles. The monoisotopic (exact) mass is 212 g/mol. The smallest absolute Gasteiger partial charge is 0.337 e. The van der Waals surface area contributed by atoms with Crippen LogP contribution in [0, 0.1) is 0 Å². The van der Waals surface area contributed by atoms with E-state index in [1.807, 2.05) is 0 Å². The molecule has 0 radical (unpaired) electrons. The molecule has 0 atom stereocenters. The molecule has 0 unspecified atom stereocenters.